The molecule has 0 aliphatic carbocycles. The third-order valence-electron chi connectivity index (χ3n) is 2.72. The van der Waals surface area contributed by atoms with Gasteiger partial charge in [-0.05, 0) is 17.7 Å². The lowest BCUT2D eigenvalue weighted by molar-refractivity contribution is -0.125. The monoisotopic (exact) mass is 236 g/mol. The maximum atomic E-state index is 13.0. The number of hydrogen-bond acceptors (Lipinski definition) is 2. The van der Waals surface area contributed by atoms with Gasteiger partial charge in [0.2, 0.25) is 5.91 Å². The molecule has 1 fully saturated rings. The lowest BCUT2D eigenvalue weighted by atomic mass is 10.1. The van der Waals surface area contributed by atoms with Crippen LogP contribution in [-0.2, 0) is 11.3 Å². The lowest BCUT2D eigenvalue weighted by Crippen LogP contribution is -2.53. The van der Waals surface area contributed by atoms with Crippen molar-refractivity contribution >= 4 is 11.9 Å². The van der Waals surface area contributed by atoms with E-state index in [2.05, 4.69) is 5.32 Å². The largest absolute Gasteiger partial charge is 0.324 e. The molecule has 1 aliphatic rings. The van der Waals surface area contributed by atoms with Gasteiger partial charge in [0.15, 0.2) is 0 Å². The smallest absolute Gasteiger partial charge is 0.319 e. The maximum absolute atomic E-state index is 13.0. The van der Waals surface area contributed by atoms with Gasteiger partial charge in [-0.25, -0.2) is 9.18 Å². The van der Waals surface area contributed by atoms with Crippen LogP contribution >= 0.6 is 0 Å². The first kappa shape index (κ1) is 11.6. The first-order valence-electron chi connectivity index (χ1n) is 5.40. The number of halogens is 1. The second kappa shape index (κ2) is 4.53. The molecule has 1 atom stereocenters. The number of urea groups is 1. The number of nitrogens with zero attached hydrogens (tertiary/aromatic N) is 1. The van der Waals surface area contributed by atoms with Crippen molar-refractivity contribution in [1.29, 1.82) is 0 Å². The Bertz CT molecular complexity index is 462. The second-order valence-electron chi connectivity index (χ2n) is 4.21. The summed E-state index contributed by atoms with van der Waals surface area (Å²) in [4.78, 5) is 24.3. The first-order chi connectivity index (χ1) is 8.06. The number of hydrogen-bond donors (Lipinski definition) is 1. The SMILES string of the molecule is CC1CN(Cc2cccc(F)c2)C(=O)NC1=O. The van der Waals surface area contributed by atoms with Gasteiger partial charge in [0.05, 0.1) is 5.92 Å². The van der Waals surface area contributed by atoms with Crippen molar-refractivity contribution in [1.82, 2.24) is 10.2 Å². The molecule has 90 valence electrons. The van der Waals surface area contributed by atoms with E-state index in [0.29, 0.717) is 18.7 Å². The number of benzene rings is 1. The lowest BCUT2D eigenvalue weighted by Gasteiger charge is -2.30. The van der Waals surface area contributed by atoms with Crippen molar-refractivity contribution in [3.05, 3.63) is 35.6 Å². The number of carbonyl (C=O) groups is 2. The van der Waals surface area contributed by atoms with Crippen LogP contribution in [0, 0.1) is 11.7 Å². The van der Waals surface area contributed by atoms with E-state index in [9.17, 15) is 14.0 Å². The van der Waals surface area contributed by atoms with Crippen LogP contribution in [-0.4, -0.2) is 23.4 Å². The van der Waals surface area contributed by atoms with Crippen LogP contribution in [0.15, 0.2) is 24.3 Å². The zero-order valence-corrected chi connectivity index (χ0v) is 9.44. The number of imide groups is 1. The molecular formula is C12H13FN2O2. The molecule has 0 bridgehead atoms. The van der Waals surface area contributed by atoms with E-state index >= 15 is 0 Å². The van der Waals surface area contributed by atoms with Gasteiger partial charge in [0.25, 0.3) is 0 Å². The Labute approximate surface area is 98.4 Å². The average Bonchev–Trinajstić information content (AvgIpc) is 2.26. The summed E-state index contributed by atoms with van der Waals surface area (Å²) >= 11 is 0. The van der Waals surface area contributed by atoms with Gasteiger partial charge in [-0.3, -0.25) is 10.1 Å². The molecule has 3 amide bonds. The number of rotatable bonds is 2. The fraction of sp³-hybridized carbons (Fsp3) is 0.333. The van der Waals surface area contributed by atoms with Crippen molar-refractivity contribution < 1.29 is 14.0 Å². The molecule has 4 nitrogen and oxygen atoms in total. The molecule has 1 unspecified atom stereocenters. The van der Waals surface area contributed by atoms with E-state index in [1.165, 1.54) is 17.0 Å². The summed E-state index contributed by atoms with van der Waals surface area (Å²) in [7, 11) is 0. The standard InChI is InChI=1S/C12H13FN2O2/c1-8-6-15(12(17)14-11(8)16)7-9-3-2-4-10(13)5-9/h2-5,8H,6-7H2,1H3,(H,14,16,17). The number of nitrogens with one attached hydrogen (secondary N) is 1. The Morgan fingerprint density at radius 3 is 2.94 bits per heavy atom. The van der Waals surface area contributed by atoms with E-state index in [-0.39, 0.29) is 17.6 Å². The van der Waals surface area contributed by atoms with Gasteiger partial charge < -0.3 is 4.90 Å². The van der Waals surface area contributed by atoms with Crippen LogP contribution in [0.25, 0.3) is 0 Å². The minimum Gasteiger partial charge on any atom is -0.319 e. The molecule has 1 saturated heterocycles. The molecular weight excluding hydrogens is 223 g/mol. The van der Waals surface area contributed by atoms with Crippen LogP contribution in [0.4, 0.5) is 9.18 Å². The topological polar surface area (TPSA) is 49.4 Å². The fourth-order valence-electron chi connectivity index (χ4n) is 1.80. The third-order valence-corrected chi connectivity index (χ3v) is 2.72. The predicted octanol–water partition coefficient (Wildman–Crippen LogP) is 1.51. The molecule has 1 N–H and O–H groups in total. The summed E-state index contributed by atoms with van der Waals surface area (Å²) < 4.78 is 13.0. The van der Waals surface area contributed by atoms with Crippen molar-refractivity contribution in [2.24, 2.45) is 5.92 Å². The fourth-order valence-corrected chi connectivity index (χ4v) is 1.80. The van der Waals surface area contributed by atoms with Crippen LogP contribution in [0.1, 0.15) is 12.5 Å². The molecule has 1 aliphatic heterocycles. The van der Waals surface area contributed by atoms with E-state index in [1.807, 2.05) is 0 Å². The summed E-state index contributed by atoms with van der Waals surface area (Å²) in [5.74, 6) is -0.823. The zero-order valence-electron chi connectivity index (χ0n) is 9.44. The minimum atomic E-state index is -0.419. The Morgan fingerprint density at radius 1 is 1.47 bits per heavy atom. The summed E-state index contributed by atoms with van der Waals surface area (Å²) in [6.45, 7) is 2.42. The zero-order chi connectivity index (χ0) is 12.4. The molecule has 1 aromatic rings. The highest BCUT2D eigenvalue weighted by atomic mass is 19.1. The van der Waals surface area contributed by atoms with Gasteiger partial charge in [-0.15, -0.1) is 0 Å². The summed E-state index contributed by atoms with van der Waals surface area (Å²) in [5.41, 5.74) is 0.710. The van der Waals surface area contributed by atoms with Crippen molar-refractivity contribution in [2.75, 3.05) is 6.54 Å². The number of amides is 3. The van der Waals surface area contributed by atoms with Crippen LogP contribution in [0.5, 0.6) is 0 Å². The Morgan fingerprint density at radius 2 is 2.24 bits per heavy atom. The Balaban J connectivity index is 2.08. The summed E-state index contributed by atoms with van der Waals surface area (Å²) in [6, 6.07) is 5.66. The molecule has 5 heteroatoms. The molecule has 0 saturated carbocycles. The van der Waals surface area contributed by atoms with Gasteiger partial charge in [0.1, 0.15) is 5.82 Å². The third kappa shape index (κ3) is 2.61. The molecule has 17 heavy (non-hydrogen) atoms. The van der Waals surface area contributed by atoms with E-state index < -0.39 is 6.03 Å². The van der Waals surface area contributed by atoms with Gasteiger partial charge in [0, 0.05) is 13.1 Å². The normalized spacial score (nSPS) is 20.4. The molecule has 0 aromatic heterocycles. The highest BCUT2D eigenvalue weighted by molar-refractivity contribution is 5.97. The second-order valence-corrected chi connectivity index (χ2v) is 4.21. The summed E-state index contributed by atoms with van der Waals surface area (Å²) in [5, 5.41) is 2.27. The molecule has 0 spiro atoms. The van der Waals surface area contributed by atoms with E-state index in [4.69, 9.17) is 0 Å². The van der Waals surface area contributed by atoms with Crippen molar-refractivity contribution in [2.45, 2.75) is 13.5 Å². The minimum absolute atomic E-state index is 0.235. The quantitative estimate of drug-likeness (QED) is 0.846. The molecule has 2 rings (SSSR count). The van der Waals surface area contributed by atoms with Gasteiger partial charge >= 0.3 is 6.03 Å². The van der Waals surface area contributed by atoms with Crippen LogP contribution < -0.4 is 5.32 Å². The Kier molecular flexibility index (Phi) is 3.08. The molecule has 1 heterocycles. The average molecular weight is 236 g/mol. The van der Waals surface area contributed by atoms with Gasteiger partial charge in [-0.2, -0.15) is 0 Å². The maximum Gasteiger partial charge on any atom is 0.324 e. The Hall–Kier alpha value is -1.91. The van der Waals surface area contributed by atoms with Gasteiger partial charge in [-0.1, -0.05) is 19.1 Å². The summed E-state index contributed by atoms with van der Waals surface area (Å²) in [6.07, 6.45) is 0. The van der Waals surface area contributed by atoms with Crippen LogP contribution in [0.3, 0.4) is 0 Å². The highest BCUT2D eigenvalue weighted by Crippen LogP contribution is 2.12. The molecule has 0 radical (unpaired) electrons. The van der Waals surface area contributed by atoms with Crippen molar-refractivity contribution in [3.63, 3.8) is 0 Å². The predicted molar refractivity (Wildman–Crippen MR) is 59.5 cm³/mol. The van der Waals surface area contributed by atoms with E-state index in [0.717, 1.165) is 0 Å². The van der Waals surface area contributed by atoms with Crippen LogP contribution in [0.2, 0.25) is 0 Å². The van der Waals surface area contributed by atoms with Crippen molar-refractivity contribution in [3.8, 4) is 0 Å². The molecule has 1 aromatic carbocycles. The highest BCUT2D eigenvalue weighted by Gasteiger charge is 2.28. The first-order valence-corrected chi connectivity index (χ1v) is 5.40. The van der Waals surface area contributed by atoms with E-state index in [1.54, 1.807) is 19.1 Å². The number of carbonyl (C=O) groups excluding carboxylic acids is 2.